The fraction of sp³-hybridized carbons (Fsp3) is 0.211. The number of pyridine rings is 1. The van der Waals surface area contributed by atoms with Gasteiger partial charge in [0.05, 0.1) is 5.69 Å². The first-order valence-electron chi connectivity index (χ1n) is 8.02. The summed E-state index contributed by atoms with van der Waals surface area (Å²) in [5.41, 5.74) is 1.75. The van der Waals surface area contributed by atoms with Gasteiger partial charge >= 0.3 is 0 Å². The normalized spacial score (nSPS) is 10.6. The van der Waals surface area contributed by atoms with E-state index in [1.807, 2.05) is 19.1 Å². The third-order valence-electron chi connectivity index (χ3n) is 3.73. The molecule has 0 saturated carbocycles. The van der Waals surface area contributed by atoms with E-state index in [1.54, 1.807) is 48.6 Å². The number of carbonyl (C=O) groups excluding carboxylic acids is 1. The molecule has 2 aromatic heterocycles. The quantitative estimate of drug-likeness (QED) is 0.631. The number of benzene rings is 1. The van der Waals surface area contributed by atoms with E-state index in [-0.39, 0.29) is 5.91 Å². The molecule has 26 heavy (non-hydrogen) atoms. The second kappa shape index (κ2) is 8.29. The molecule has 0 aliphatic carbocycles. The molecule has 134 valence electrons. The molecule has 1 amide bonds. The van der Waals surface area contributed by atoms with E-state index in [9.17, 15) is 4.79 Å². The number of hydrogen-bond donors (Lipinski definition) is 0. The topological polar surface area (TPSA) is 55.3 Å². The van der Waals surface area contributed by atoms with Gasteiger partial charge in [-0.2, -0.15) is 0 Å². The highest BCUT2D eigenvalue weighted by Gasteiger charge is 2.19. The van der Waals surface area contributed by atoms with E-state index in [0.717, 1.165) is 16.3 Å². The van der Waals surface area contributed by atoms with Crippen LogP contribution in [0.1, 0.15) is 25.9 Å². The SMILES string of the molecule is Cc1nc(COc2ccc(Cl)cc2)sc1C(=O)N(C)Cc1ccncc1. The van der Waals surface area contributed by atoms with Crippen LogP contribution in [0.25, 0.3) is 0 Å². The van der Waals surface area contributed by atoms with Crippen molar-refractivity contribution >= 4 is 28.8 Å². The molecule has 3 aromatic rings. The van der Waals surface area contributed by atoms with Crippen LogP contribution in [-0.2, 0) is 13.2 Å². The lowest BCUT2D eigenvalue weighted by Crippen LogP contribution is -2.26. The largest absolute Gasteiger partial charge is 0.486 e. The zero-order chi connectivity index (χ0) is 18.5. The highest BCUT2D eigenvalue weighted by molar-refractivity contribution is 7.13. The average molecular weight is 388 g/mol. The number of ether oxygens (including phenoxy) is 1. The first-order valence-corrected chi connectivity index (χ1v) is 9.21. The van der Waals surface area contributed by atoms with Gasteiger partial charge in [-0.05, 0) is 48.9 Å². The van der Waals surface area contributed by atoms with Crippen LogP contribution in [0.15, 0.2) is 48.8 Å². The van der Waals surface area contributed by atoms with Crippen molar-refractivity contribution in [3.63, 3.8) is 0 Å². The Bertz CT molecular complexity index is 882. The van der Waals surface area contributed by atoms with Crippen molar-refractivity contribution < 1.29 is 9.53 Å². The minimum absolute atomic E-state index is 0.0467. The highest BCUT2D eigenvalue weighted by Crippen LogP contribution is 2.23. The lowest BCUT2D eigenvalue weighted by atomic mass is 10.2. The first-order chi connectivity index (χ1) is 12.5. The van der Waals surface area contributed by atoms with Crippen molar-refractivity contribution in [1.82, 2.24) is 14.9 Å². The number of rotatable bonds is 6. The van der Waals surface area contributed by atoms with Gasteiger partial charge < -0.3 is 9.64 Å². The van der Waals surface area contributed by atoms with Gasteiger partial charge in [0.15, 0.2) is 0 Å². The maximum atomic E-state index is 12.7. The van der Waals surface area contributed by atoms with Crippen LogP contribution in [0.3, 0.4) is 0 Å². The van der Waals surface area contributed by atoms with Crippen LogP contribution in [0, 0.1) is 6.92 Å². The van der Waals surface area contributed by atoms with Crippen molar-refractivity contribution in [3.8, 4) is 5.75 Å². The van der Waals surface area contributed by atoms with Crippen LogP contribution in [0.4, 0.5) is 0 Å². The van der Waals surface area contributed by atoms with Crippen LogP contribution in [-0.4, -0.2) is 27.8 Å². The number of carbonyl (C=O) groups is 1. The summed E-state index contributed by atoms with van der Waals surface area (Å²) >= 11 is 7.23. The van der Waals surface area contributed by atoms with Gasteiger partial charge in [0.25, 0.3) is 5.91 Å². The lowest BCUT2D eigenvalue weighted by Gasteiger charge is -2.16. The Kier molecular flexibility index (Phi) is 5.85. The second-order valence-electron chi connectivity index (χ2n) is 5.78. The fourth-order valence-corrected chi connectivity index (χ4v) is 3.49. The molecule has 0 spiro atoms. The van der Waals surface area contributed by atoms with Gasteiger partial charge in [-0.1, -0.05) is 11.6 Å². The Labute approximate surface area is 161 Å². The van der Waals surface area contributed by atoms with Crippen molar-refractivity contribution in [2.45, 2.75) is 20.1 Å². The molecule has 5 nitrogen and oxygen atoms in total. The van der Waals surface area contributed by atoms with E-state index in [1.165, 1.54) is 11.3 Å². The van der Waals surface area contributed by atoms with Crippen molar-refractivity contribution in [3.05, 3.63) is 75.0 Å². The van der Waals surface area contributed by atoms with Crippen LogP contribution in [0.5, 0.6) is 5.75 Å². The summed E-state index contributed by atoms with van der Waals surface area (Å²) in [6.07, 6.45) is 3.44. The first kappa shape index (κ1) is 18.4. The fourth-order valence-electron chi connectivity index (χ4n) is 2.40. The summed E-state index contributed by atoms with van der Waals surface area (Å²) in [5.74, 6) is 0.666. The second-order valence-corrected chi connectivity index (χ2v) is 7.30. The molecule has 7 heteroatoms. The molecular formula is C19H18ClN3O2S. The highest BCUT2D eigenvalue weighted by atomic mass is 35.5. The summed E-state index contributed by atoms with van der Waals surface area (Å²) < 4.78 is 5.71. The number of halogens is 1. The van der Waals surface area contributed by atoms with E-state index < -0.39 is 0 Å². The van der Waals surface area contributed by atoms with Crippen LogP contribution in [0.2, 0.25) is 5.02 Å². The van der Waals surface area contributed by atoms with Gasteiger partial charge in [0.1, 0.15) is 22.2 Å². The molecule has 0 radical (unpaired) electrons. The Morgan fingerprint density at radius 1 is 1.19 bits per heavy atom. The summed E-state index contributed by atoms with van der Waals surface area (Å²) in [6.45, 7) is 2.68. The molecule has 3 rings (SSSR count). The maximum Gasteiger partial charge on any atom is 0.265 e. The molecule has 0 fully saturated rings. The minimum Gasteiger partial charge on any atom is -0.486 e. The third kappa shape index (κ3) is 4.59. The summed E-state index contributed by atoms with van der Waals surface area (Å²) in [7, 11) is 1.78. The third-order valence-corrected chi connectivity index (χ3v) is 5.10. The number of amides is 1. The number of hydrogen-bond acceptors (Lipinski definition) is 5. The van der Waals surface area contributed by atoms with Gasteiger partial charge in [-0.3, -0.25) is 9.78 Å². The average Bonchev–Trinajstić information content (AvgIpc) is 3.02. The Balaban J connectivity index is 1.65. The Morgan fingerprint density at radius 3 is 2.58 bits per heavy atom. The molecule has 0 N–H and O–H groups in total. The minimum atomic E-state index is -0.0467. The molecule has 0 bridgehead atoms. The molecule has 0 atom stereocenters. The van der Waals surface area contributed by atoms with E-state index in [2.05, 4.69) is 9.97 Å². The van der Waals surface area contributed by atoms with Gasteiger partial charge in [0, 0.05) is 31.0 Å². The van der Waals surface area contributed by atoms with Crippen LogP contribution >= 0.6 is 22.9 Å². The van der Waals surface area contributed by atoms with Crippen molar-refractivity contribution in [2.24, 2.45) is 0 Å². The predicted molar refractivity (Wildman–Crippen MR) is 103 cm³/mol. The molecule has 2 heterocycles. The van der Waals surface area contributed by atoms with E-state index in [4.69, 9.17) is 16.3 Å². The zero-order valence-electron chi connectivity index (χ0n) is 14.5. The predicted octanol–water partition coefficient (Wildman–Crippen LogP) is 4.35. The number of nitrogens with zero attached hydrogens (tertiary/aromatic N) is 3. The number of aryl methyl sites for hydroxylation is 1. The van der Waals surface area contributed by atoms with E-state index >= 15 is 0 Å². The number of thiazole rings is 1. The lowest BCUT2D eigenvalue weighted by molar-refractivity contribution is 0.0789. The Hall–Kier alpha value is -2.44. The van der Waals surface area contributed by atoms with Crippen molar-refractivity contribution in [2.75, 3.05) is 7.05 Å². The monoisotopic (exact) mass is 387 g/mol. The Morgan fingerprint density at radius 2 is 1.88 bits per heavy atom. The zero-order valence-corrected chi connectivity index (χ0v) is 16.0. The standard InChI is InChI=1S/C19H18ClN3O2S/c1-13-18(19(24)23(2)11-14-7-9-21-10-8-14)26-17(22-13)12-25-16-5-3-15(20)4-6-16/h3-10H,11-12H2,1-2H3. The van der Waals surface area contributed by atoms with E-state index in [0.29, 0.717) is 28.8 Å². The smallest absolute Gasteiger partial charge is 0.265 e. The van der Waals surface area contributed by atoms with Gasteiger partial charge in [-0.25, -0.2) is 4.98 Å². The molecule has 0 unspecified atom stereocenters. The molecule has 1 aromatic carbocycles. The maximum absolute atomic E-state index is 12.7. The van der Waals surface area contributed by atoms with Gasteiger partial charge in [-0.15, -0.1) is 11.3 Å². The van der Waals surface area contributed by atoms with Crippen molar-refractivity contribution in [1.29, 1.82) is 0 Å². The van der Waals surface area contributed by atoms with Gasteiger partial charge in [0.2, 0.25) is 0 Å². The molecular weight excluding hydrogens is 370 g/mol. The summed E-state index contributed by atoms with van der Waals surface area (Å²) in [6, 6.07) is 10.9. The molecule has 0 aliphatic heterocycles. The number of aromatic nitrogens is 2. The van der Waals surface area contributed by atoms with Crippen LogP contribution < -0.4 is 4.74 Å². The molecule has 0 saturated heterocycles. The summed E-state index contributed by atoms with van der Waals surface area (Å²) in [4.78, 5) is 23.5. The molecule has 0 aliphatic rings. The summed E-state index contributed by atoms with van der Waals surface area (Å²) in [5, 5.41) is 1.42.